The van der Waals surface area contributed by atoms with E-state index in [0.29, 0.717) is 6.07 Å². The molecule has 0 aliphatic carbocycles. The van der Waals surface area contributed by atoms with E-state index < -0.39 is 45.9 Å². The summed E-state index contributed by atoms with van der Waals surface area (Å²) in [4.78, 5) is 16.1. The molecule has 1 atom stereocenters. The number of rotatable bonds is 3. The summed E-state index contributed by atoms with van der Waals surface area (Å²) in [5.74, 6) is -6.92. The van der Waals surface area contributed by atoms with E-state index in [4.69, 9.17) is 28.6 Å². The summed E-state index contributed by atoms with van der Waals surface area (Å²) >= 11 is 10.8. The number of hydrogen-bond acceptors (Lipinski definition) is 4. The lowest BCUT2D eigenvalue weighted by Gasteiger charge is -2.44. The van der Waals surface area contributed by atoms with E-state index in [1.807, 2.05) is 0 Å². The number of aromatic nitrogens is 1. The standard InChI is InChI=1S/C20H18ClF4N3O2S/c1-18(2)20(24,25)19(3,28-16(31)9-30-18)11-6-15(13(23)7-12(11)22)27-17(29)14-5-4-10(21)8-26-14/h4-8H,9H2,1-3H3,(H,27,29)(H,28,31)/t19-/m1/s1. The number of alkyl halides is 2. The average molecular weight is 476 g/mol. The number of carbonyl (C=O) groups excluding carboxylic acids is 1. The molecule has 3 rings (SSSR count). The van der Waals surface area contributed by atoms with Crippen LogP contribution in [0.5, 0.6) is 0 Å². The number of amides is 1. The Morgan fingerprint density at radius 3 is 2.52 bits per heavy atom. The highest BCUT2D eigenvalue weighted by Crippen LogP contribution is 2.48. The molecule has 166 valence electrons. The molecule has 1 saturated heterocycles. The smallest absolute Gasteiger partial charge is 0.302 e. The predicted octanol–water partition coefficient (Wildman–Crippen LogP) is 4.84. The Kier molecular flexibility index (Phi) is 6.03. The third-order valence-electron chi connectivity index (χ3n) is 5.14. The third kappa shape index (κ3) is 4.11. The number of anilines is 1. The van der Waals surface area contributed by atoms with Crippen molar-refractivity contribution in [3.05, 3.63) is 58.4 Å². The normalized spacial score (nSPS) is 22.4. The number of ether oxygens (including phenoxy) is 1. The van der Waals surface area contributed by atoms with Crippen molar-refractivity contribution >= 4 is 40.4 Å². The summed E-state index contributed by atoms with van der Waals surface area (Å²) in [6.45, 7) is 3.04. The van der Waals surface area contributed by atoms with E-state index in [1.165, 1.54) is 18.3 Å². The number of thiocarbonyl (C=S) groups is 1. The van der Waals surface area contributed by atoms with Gasteiger partial charge >= 0.3 is 5.92 Å². The molecule has 1 aliphatic heterocycles. The average Bonchev–Trinajstić information content (AvgIpc) is 2.73. The molecule has 11 heteroatoms. The second-order valence-electron chi connectivity index (χ2n) is 7.67. The lowest BCUT2D eigenvalue weighted by Crippen LogP contribution is -2.62. The Balaban J connectivity index is 2.08. The SMILES string of the molecule is CC1(C)OCC(=S)N[C@](C)(c2cc(NC(=O)c3ccc(Cl)cn3)c(F)cc2F)C1(F)F. The Bertz CT molecular complexity index is 1050. The predicted molar refractivity (Wildman–Crippen MR) is 112 cm³/mol. The molecule has 1 aromatic heterocycles. The van der Waals surface area contributed by atoms with Gasteiger partial charge in [-0.3, -0.25) is 4.79 Å². The van der Waals surface area contributed by atoms with Gasteiger partial charge in [-0.1, -0.05) is 23.8 Å². The van der Waals surface area contributed by atoms with Crippen molar-refractivity contribution in [1.82, 2.24) is 10.3 Å². The van der Waals surface area contributed by atoms with Crippen LogP contribution in [0.2, 0.25) is 5.02 Å². The molecule has 0 radical (unpaired) electrons. The zero-order valence-corrected chi connectivity index (χ0v) is 18.2. The van der Waals surface area contributed by atoms with E-state index in [2.05, 4.69) is 15.6 Å². The minimum atomic E-state index is -3.70. The van der Waals surface area contributed by atoms with Crippen LogP contribution in [0, 0.1) is 11.6 Å². The van der Waals surface area contributed by atoms with Gasteiger partial charge < -0.3 is 15.4 Å². The van der Waals surface area contributed by atoms with Crippen molar-refractivity contribution in [2.75, 3.05) is 11.9 Å². The monoisotopic (exact) mass is 475 g/mol. The van der Waals surface area contributed by atoms with Gasteiger partial charge in [-0.25, -0.2) is 22.5 Å². The molecule has 31 heavy (non-hydrogen) atoms. The minimum Gasteiger partial charge on any atom is -0.363 e. The maximum atomic E-state index is 15.5. The van der Waals surface area contributed by atoms with Gasteiger partial charge in [0.15, 0.2) is 0 Å². The van der Waals surface area contributed by atoms with E-state index >= 15 is 8.78 Å². The highest BCUT2D eigenvalue weighted by molar-refractivity contribution is 7.80. The van der Waals surface area contributed by atoms with Crippen LogP contribution >= 0.6 is 23.8 Å². The van der Waals surface area contributed by atoms with Gasteiger partial charge in [0, 0.05) is 17.8 Å². The van der Waals surface area contributed by atoms with Crippen LogP contribution in [0.4, 0.5) is 23.2 Å². The Hall–Kier alpha value is -2.30. The van der Waals surface area contributed by atoms with Crippen LogP contribution in [-0.2, 0) is 10.3 Å². The minimum absolute atomic E-state index is 0.0765. The summed E-state index contributed by atoms with van der Waals surface area (Å²) < 4.78 is 65.4. The first-order valence-electron chi connectivity index (χ1n) is 9.04. The number of carbonyl (C=O) groups is 1. The molecule has 1 aromatic carbocycles. The first-order chi connectivity index (χ1) is 14.3. The van der Waals surface area contributed by atoms with Gasteiger partial charge in [0.1, 0.15) is 33.5 Å². The maximum absolute atomic E-state index is 15.5. The number of nitrogens with one attached hydrogen (secondary N) is 2. The zero-order valence-electron chi connectivity index (χ0n) is 16.7. The molecule has 0 saturated carbocycles. The lowest BCUT2D eigenvalue weighted by molar-refractivity contribution is -0.216. The summed E-state index contributed by atoms with van der Waals surface area (Å²) in [6, 6.07) is 3.92. The second kappa shape index (κ2) is 7.99. The number of benzene rings is 1. The molecule has 2 aromatic rings. The van der Waals surface area contributed by atoms with Crippen molar-refractivity contribution in [2.45, 2.75) is 37.8 Å². The third-order valence-corrected chi connectivity index (χ3v) is 5.58. The van der Waals surface area contributed by atoms with Crippen LogP contribution < -0.4 is 10.6 Å². The van der Waals surface area contributed by atoms with Crippen LogP contribution in [-0.4, -0.2) is 34.0 Å². The van der Waals surface area contributed by atoms with Crippen molar-refractivity contribution in [3.8, 4) is 0 Å². The second-order valence-corrected chi connectivity index (χ2v) is 8.60. The van der Waals surface area contributed by atoms with E-state index in [-0.39, 0.29) is 22.3 Å². The van der Waals surface area contributed by atoms with Crippen molar-refractivity contribution in [3.63, 3.8) is 0 Å². The fourth-order valence-corrected chi connectivity index (χ4v) is 3.67. The molecule has 0 bridgehead atoms. The van der Waals surface area contributed by atoms with Crippen LogP contribution in [0.3, 0.4) is 0 Å². The number of hydrogen-bond donors (Lipinski definition) is 2. The first-order valence-corrected chi connectivity index (χ1v) is 9.82. The topological polar surface area (TPSA) is 63.2 Å². The zero-order chi connectivity index (χ0) is 23.2. The van der Waals surface area contributed by atoms with Gasteiger partial charge in [0.2, 0.25) is 0 Å². The number of pyridine rings is 1. The molecule has 5 nitrogen and oxygen atoms in total. The molecular weight excluding hydrogens is 458 g/mol. The van der Waals surface area contributed by atoms with Gasteiger partial charge in [-0.05, 0) is 39.0 Å². The van der Waals surface area contributed by atoms with Crippen LogP contribution in [0.25, 0.3) is 0 Å². The van der Waals surface area contributed by atoms with Crippen molar-refractivity contribution in [2.24, 2.45) is 0 Å². The number of halogens is 5. The van der Waals surface area contributed by atoms with E-state index in [1.54, 1.807) is 0 Å². The molecule has 0 unspecified atom stereocenters. The summed E-state index contributed by atoms with van der Waals surface area (Å²) in [5.41, 5.74) is -5.65. The Labute approximate surface area is 186 Å². The molecule has 0 spiro atoms. The largest absolute Gasteiger partial charge is 0.363 e. The molecule has 1 aliphatic rings. The first kappa shape index (κ1) is 23.4. The Morgan fingerprint density at radius 1 is 1.23 bits per heavy atom. The fourth-order valence-electron chi connectivity index (χ4n) is 3.29. The fraction of sp³-hybridized carbons (Fsp3) is 0.350. The van der Waals surface area contributed by atoms with Gasteiger partial charge in [0.05, 0.1) is 17.3 Å². The van der Waals surface area contributed by atoms with Crippen LogP contribution in [0.15, 0.2) is 30.5 Å². The molecular formula is C20H18ClF4N3O2S. The van der Waals surface area contributed by atoms with Gasteiger partial charge in [-0.15, -0.1) is 0 Å². The van der Waals surface area contributed by atoms with E-state index in [9.17, 15) is 13.6 Å². The van der Waals surface area contributed by atoms with Gasteiger partial charge in [0.25, 0.3) is 5.91 Å². The van der Waals surface area contributed by atoms with Crippen molar-refractivity contribution in [1.29, 1.82) is 0 Å². The molecule has 2 N–H and O–H groups in total. The summed E-state index contributed by atoms with van der Waals surface area (Å²) in [5, 5.41) is 4.95. The molecule has 2 heterocycles. The molecule has 1 amide bonds. The van der Waals surface area contributed by atoms with E-state index in [0.717, 1.165) is 26.8 Å². The lowest BCUT2D eigenvalue weighted by atomic mass is 9.77. The Morgan fingerprint density at radius 2 is 1.90 bits per heavy atom. The highest BCUT2D eigenvalue weighted by Gasteiger charge is 2.64. The van der Waals surface area contributed by atoms with Crippen molar-refractivity contribution < 1.29 is 27.1 Å². The van der Waals surface area contributed by atoms with Crippen LogP contribution in [0.1, 0.15) is 36.8 Å². The number of nitrogens with zero attached hydrogens (tertiary/aromatic N) is 1. The van der Waals surface area contributed by atoms with Gasteiger partial charge in [-0.2, -0.15) is 0 Å². The highest BCUT2D eigenvalue weighted by atomic mass is 35.5. The summed E-state index contributed by atoms with van der Waals surface area (Å²) in [6.07, 6.45) is 1.21. The molecule has 1 fully saturated rings. The summed E-state index contributed by atoms with van der Waals surface area (Å²) in [7, 11) is 0. The quantitative estimate of drug-likeness (QED) is 0.491. The maximum Gasteiger partial charge on any atom is 0.302 e.